The Morgan fingerprint density at radius 3 is 0.954 bits per heavy atom. The van der Waals surface area contributed by atoms with Crippen molar-refractivity contribution in [3.63, 3.8) is 0 Å². The van der Waals surface area contributed by atoms with E-state index in [1.165, 1.54) is 0 Å². The first-order valence-corrected chi connectivity index (χ1v) is 20.6. The average molecular weight is 884 g/mol. The molecular weight excluding hydrogens is 856 g/mol. The fourth-order valence-electron chi connectivity index (χ4n) is 8.43. The maximum Gasteiger partial charge on any atom is 2.00 e. The van der Waals surface area contributed by atoms with E-state index in [0.717, 1.165) is 88.8 Å². The number of hydrogen-bond donors (Lipinski definition) is 0. The maximum absolute atomic E-state index is 5.27. The molecule has 307 valence electrons. The Kier molecular flexibility index (Phi) is 8.97. The predicted octanol–water partition coefficient (Wildman–Crippen LogP) is 10.4. The van der Waals surface area contributed by atoms with Crippen LogP contribution in [-0.4, -0.2) is 49.8 Å². The van der Waals surface area contributed by atoms with Gasteiger partial charge in [0.05, 0.1) is 46.1 Å². The van der Waals surface area contributed by atoms with Gasteiger partial charge in [-0.25, -0.2) is 9.97 Å². The van der Waals surface area contributed by atoms with E-state index in [1.807, 2.05) is 121 Å². The number of fused-ring (bicyclic) bond motifs is 20. The monoisotopic (exact) mass is 883 g/mol. The largest absolute Gasteiger partial charge is 2.00 e. The number of nitrogens with zero attached hydrogens (tertiary/aromatic N) is 12. The summed E-state index contributed by atoms with van der Waals surface area (Å²) < 4.78 is 0. The van der Waals surface area contributed by atoms with E-state index in [-0.39, 0.29) is 17.1 Å². The number of benzene rings is 4. The van der Waals surface area contributed by atoms with Gasteiger partial charge in [0, 0.05) is 91.9 Å². The number of aromatic nitrogens is 12. The van der Waals surface area contributed by atoms with Crippen LogP contribution in [0, 0.1) is 0 Å². The van der Waals surface area contributed by atoms with Crippen molar-refractivity contribution >= 4 is 44.1 Å². The van der Waals surface area contributed by atoms with Gasteiger partial charge in [-0.15, -0.1) is 0 Å². The molecule has 0 unspecified atom stereocenters. The molecule has 0 N–H and O–H groups in total. The molecule has 2 aliphatic rings. The molecule has 8 bridgehead atoms. The van der Waals surface area contributed by atoms with Crippen LogP contribution in [0.5, 0.6) is 0 Å². The molecule has 0 atom stereocenters. The Morgan fingerprint density at radius 2 is 0.600 bits per heavy atom. The zero-order valence-corrected chi connectivity index (χ0v) is 34.8. The second-order valence-corrected chi connectivity index (χ2v) is 15.4. The molecule has 0 spiro atoms. The van der Waals surface area contributed by atoms with E-state index in [0.29, 0.717) is 45.9 Å². The molecule has 0 saturated carbocycles. The SMILES string of the molecule is [Cu+2].c1ccc(-c2ccc3c(c2)-c2nc-3nc3[n-]c(nc4nc(nc5[n-]c(n2)c2ccc(-c6ccccn6)cc52)-c2cc(-c5ccccn5)ccc2-4)c2cc(-c4ccccn4)ccc32)nc1. The van der Waals surface area contributed by atoms with Gasteiger partial charge in [0.15, 0.2) is 0 Å². The summed E-state index contributed by atoms with van der Waals surface area (Å²) in [5.41, 5.74) is 12.0. The molecule has 7 aromatic heterocycles. The minimum Gasteiger partial charge on any atom is -0.357 e. The minimum absolute atomic E-state index is 0. The second-order valence-electron chi connectivity index (χ2n) is 15.4. The van der Waals surface area contributed by atoms with Crippen LogP contribution in [-0.2, 0) is 17.1 Å². The molecule has 13 heteroatoms. The first-order chi connectivity index (χ1) is 31.7. The van der Waals surface area contributed by atoms with Crippen molar-refractivity contribution in [2.24, 2.45) is 0 Å². The molecule has 0 saturated heterocycles. The third kappa shape index (κ3) is 6.53. The molecule has 65 heavy (non-hydrogen) atoms. The van der Waals surface area contributed by atoms with Crippen LogP contribution in [0.4, 0.5) is 0 Å². The van der Waals surface area contributed by atoms with Crippen LogP contribution >= 0.6 is 0 Å². The zero-order valence-electron chi connectivity index (χ0n) is 33.8. The normalized spacial score (nSPS) is 11.6. The summed E-state index contributed by atoms with van der Waals surface area (Å²) in [6.07, 6.45) is 7.14. The van der Waals surface area contributed by atoms with Crippen molar-refractivity contribution in [2.75, 3.05) is 0 Å². The summed E-state index contributed by atoms with van der Waals surface area (Å²) in [6, 6.07) is 47.9. The fraction of sp³-hybridized carbons (Fsp3) is 0. The molecule has 13 rings (SSSR count). The first-order valence-electron chi connectivity index (χ1n) is 20.6. The quantitative estimate of drug-likeness (QED) is 0.154. The van der Waals surface area contributed by atoms with Crippen LogP contribution in [0.2, 0.25) is 0 Å². The molecule has 0 aliphatic carbocycles. The minimum atomic E-state index is 0. The van der Waals surface area contributed by atoms with E-state index in [2.05, 4.69) is 44.2 Å². The first kappa shape index (κ1) is 38.1. The molecular formula is C52H28CuN12. The van der Waals surface area contributed by atoms with Crippen LogP contribution < -0.4 is 9.97 Å². The smallest absolute Gasteiger partial charge is 0.357 e. The van der Waals surface area contributed by atoms with Crippen molar-refractivity contribution < 1.29 is 17.1 Å². The Balaban J connectivity index is 0.00000444. The van der Waals surface area contributed by atoms with Gasteiger partial charge in [-0.05, 0) is 94.3 Å². The standard InChI is InChI=1S/C52H28N12.Cu/c1-5-21-53-41(9-1)29-13-17-33-37(25-29)49-58-45(33)57-46-34-18-14-30(42-10-2-6-22-54-42)26-38(34)50(59-46)61-48-36-20-16-32(44-12-4-8-24-56-44)28-40(36)52(63-48)64-51-39-27-31(43-11-3-7-23-55-43)15-19-35(39)47(60-49)62-51;/h1-28H;/q-2;+2. The number of rotatable bonds is 4. The summed E-state index contributed by atoms with van der Waals surface area (Å²) >= 11 is 0. The molecule has 1 radical (unpaired) electrons. The van der Waals surface area contributed by atoms with Gasteiger partial charge < -0.3 is 29.9 Å². The van der Waals surface area contributed by atoms with E-state index >= 15 is 0 Å². The van der Waals surface area contributed by atoms with Crippen molar-refractivity contribution in [1.82, 2.24) is 59.8 Å². The van der Waals surface area contributed by atoms with Crippen LogP contribution in [0.25, 0.3) is 135 Å². The second kappa shape index (κ2) is 15.3. The van der Waals surface area contributed by atoms with Gasteiger partial charge in [0.1, 0.15) is 0 Å². The van der Waals surface area contributed by atoms with E-state index < -0.39 is 0 Å². The van der Waals surface area contributed by atoms with Gasteiger partial charge in [-0.1, -0.05) is 72.8 Å². The summed E-state index contributed by atoms with van der Waals surface area (Å²) in [5.74, 6) is 1.82. The third-order valence-electron chi connectivity index (χ3n) is 11.5. The number of hydrogen-bond acceptors (Lipinski definition) is 10. The predicted molar refractivity (Wildman–Crippen MR) is 247 cm³/mol. The van der Waals surface area contributed by atoms with Crippen LogP contribution in [0.3, 0.4) is 0 Å². The van der Waals surface area contributed by atoms with Gasteiger partial charge in [-0.2, -0.15) is 0 Å². The summed E-state index contributed by atoms with van der Waals surface area (Å²) in [5, 5.41) is 3.17. The van der Waals surface area contributed by atoms with Gasteiger partial charge in [-0.3, -0.25) is 19.9 Å². The molecule has 9 heterocycles. The topological polar surface area (TPSA) is 157 Å². The van der Waals surface area contributed by atoms with Crippen molar-refractivity contribution in [3.8, 4) is 90.6 Å². The Bertz CT molecular complexity index is 3840. The summed E-state index contributed by atoms with van der Waals surface area (Å²) in [7, 11) is 0. The number of pyridine rings is 4. The van der Waals surface area contributed by atoms with Gasteiger partial charge in [0.25, 0.3) is 0 Å². The van der Waals surface area contributed by atoms with E-state index in [4.69, 9.17) is 39.9 Å². The zero-order chi connectivity index (χ0) is 42.1. The Labute approximate surface area is 380 Å². The summed E-state index contributed by atoms with van der Waals surface area (Å²) in [6.45, 7) is 0. The van der Waals surface area contributed by atoms with Crippen molar-refractivity contribution in [2.45, 2.75) is 0 Å². The Hall–Kier alpha value is -8.64. The summed E-state index contributed by atoms with van der Waals surface area (Å²) in [4.78, 5) is 60.0. The Morgan fingerprint density at radius 1 is 0.277 bits per heavy atom. The van der Waals surface area contributed by atoms with E-state index in [1.54, 1.807) is 24.8 Å². The maximum atomic E-state index is 5.27. The van der Waals surface area contributed by atoms with Crippen LogP contribution in [0.1, 0.15) is 0 Å². The van der Waals surface area contributed by atoms with Crippen molar-refractivity contribution in [1.29, 1.82) is 0 Å². The molecule has 4 aromatic carbocycles. The molecule has 11 aromatic rings. The molecule has 12 nitrogen and oxygen atoms in total. The van der Waals surface area contributed by atoms with Crippen molar-refractivity contribution in [3.05, 3.63) is 170 Å². The van der Waals surface area contributed by atoms with Gasteiger partial charge in [0.2, 0.25) is 0 Å². The van der Waals surface area contributed by atoms with E-state index in [9.17, 15) is 0 Å². The average Bonchev–Trinajstić information content (AvgIpc) is 4.10. The fourth-order valence-corrected chi connectivity index (χ4v) is 8.43. The third-order valence-corrected chi connectivity index (χ3v) is 11.5. The molecule has 2 aliphatic heterocycles. The molecule has 0 amide bonds. The molecule has 0 fully saturated rings. The van der Waals surface area contributed by atoms with Crippen LogP contribution in [0.15, 0.2) is 170 Å². The van der Waals surface area contributed by atoms with Gasteiger partial charge >= 0.3 is 17.1 Å².